The van der Waals surface area contributed by atoms with Crippen LogP contribution in [0.15, 0.2) is 11.4 Å². The molecule has 1 saturated carbocycles. The van der Waals surface area contributed by atoms with E-state index in [0.29, 0.717) is 36.7 Å². The monoisotopic (exact) mass is 458 g/mol. The van der Waals surface area contributed by atoms with Gasteiger partial charge in [-0.15, -0.1) is 11.3 Å². The van der Waals surface area contributed by atoms with E-state index in [4.69, 9.17) is 4.74 Å². The number of carbonyl (C=O) groups excluding carboxylic acids is 2. The lowest BCUT2D eigenvalue weighted by atomic mass is 9.96. The molecule has 0 atom stereocenters. The predicted octanol–water partition coefficient (Wildman–Crippen LogP) is 1.60. The number of ether oxygens (including phenoxy) is 1. The number of esters is 1. The molecule has 0 bridgehead atoms. The second-order valence-electron chi connectivity index (χ2n) is 7.69. The zero-order valence-electron chi connectivity index (χ0n) is 17.5. The van der Waals surface area contributed by atoms with Crippen LogP contribution in [-0.4, -0.2) is 86.7 Å². The van der Waals surface area contributed by atoms with Gasteiger partial charge in [-0.3, -0.25) is 9.69 Å². The van der Waals surface area contributed by atoms with Gasteiger partial charge in [0.25, 0.3) is 10.2 Å². The van der Waals surface area contributed by atoms with Crippen molar-refractivity contribution in [3.05, 3.63) is 16.3 Å². The van der Waals surface area contributed by atoms with Crippen LogP contribution in [0.25, 0.3) is 0 Å². The Hall–Kier alpha value is -1.53. The summed E-state index contributed by atoms with van der Waals surface area (Å²) < 4.78 is 33.7. The first-order valence-corrected chi connectivity index (χ1v) is 12.5. The van der Waals surface area contributed by atoms with E-state index in [9.17, 15) is 18.0 Å². The first-order valence-electron chi connectivity index (χ1n) is 10.2. The summed E-state index contributed by atoms with van der Waals surface area (Å²) >= 11 is 1.21. The van der Waals surface area contributed by atoms with Gasteiger partial charge in [0.05, 0.1) is 19.3 Å². The van der Waals surface area contributed by atoms with Crippen LogP contribution in [0.1, 0.15) is 41.8 Å². The maximum Gasteiger partial charge on any atom is 0.350 e. The van der Waals surface area contributed by atoms with Crippen LogP contribution in [0.4, 0.5) is 5.69 Å². The summed E-state index contributed by atoms with van der Waals surface area (Å²) in [6, 6.07) is 1.75. The topological polar surface area (TPSA) is 99.3 Å². The van der Waals surface area contributed by atoms with Crippen LogP contribution >= 0.6 is 11.3 Å². The zero-order chi connectivity index (χ0) is 21.7. The summed E-state index contributed by atoms with van der Waals surface area (Å²) in [5.41, 5.74) is 0.437. The normalized spacial score (nSPS) is 19.7. The summed E-state index contributed by atoms with van der Waals surface area (Å²) in [5, 5.41) is 4.46. The SMILES string of the molecule is COC(=O)c1sccc1NC(=O)CN1CCN(S(=O)(=O)N(C)C2CCCCC2)CC1. The quantitative estimate of drug-likeness (QED) is 0.623. The van der Waals surface area contributed by atoms with Crippen molar-refractivity contribution in [2.24, 2.45) is 0 Å². The third-order valence-electron chi connectivity index (χ3n) is 5.79. The second kappa shape index (κ2) is 10.2. The van der Waals surface area contributed by atoms with Crippen molar-refractivity contribution in [3.63, 3.8) is 0 Å². The fourth-order valence-electron chi connectivity index (χ4n) is 3.98. The maximum atomic E-state index is 13.0. The number of amides is 1. The van der Waals surface area contributed by atoms with Crippen molar-refractivity contribution in [2.45, 2.75) is 38.1 Å². The molecule has 1 aliphatic heterocycles. The molecule has 0 radical (unpaired) electrons. The van der Waals surface area contributed by atoms with Crippen molar-refractivity contribution >= 4 is 39.1 Å². The summed E-state index contributed by atoms with van der Waals surface area (Å²) in [6.45, 7) is 1.83. The van der Waals surface area contributed by atoms with E-state index < -0.39 is 16.2 Å². The Labute approximate surface area is 182 Å². The zero-order valence-corrected chi connectivity index (χ0v) is 19.1. The van der Waals surface area contributed by atoms with Gasteiger partial charge in [0.2, 0.25) is 5.91 Å². The third-order valence-corrected chi connectivity index (χ3v) is 8.73. The lowest BCUT2D eigenvalue weighted by Gasteiger charge is -2.38. The maximum absolute atomic E-state index is 13.0. The van der Waals surface area contributed by atoms with Gasteiger partial charge in [0.1, 0.15) is 4.88 Å². The average Bonchev–Trinajstić information content (AvgIpc) is 3.21. The summed E-state index contributed by atoms with van der Waals surface area (Å²) in [7, 11) is -0.499. The molecule has 1 aromatic heterocycles. The highest BCUT2D eigenvalue weighted by Gasteiger charge is 2.34. The molecule has 2 fully saturated rings. The fourth-order valence-corrected chi connectivity index (χ4v) is 6.33. The van der Waals surface area contributed by atoms with Gasteiger partial charge < -0.3 is 10.1 Å². The summed E-state index contributed by atoms with van der Waals surface area (Å²) in [5.74, 6) is -0.726. The number of carbonyl (C=O) groups is 2. The molecule has 1 saturated heterocycles. The Morgan fingerprint density at radius 1 is 1.20 bits per heavy atom. The van der Waals surface area contributed by atoms with E-state index in [0.717, 1.165) is 25.7 Å². The molecule has 1 aromatic rings. The minimum atomic E-state index is -3.48. The molecule has 1 amide bonds. The molecular weight excluding hydrogens is 428 g/mol. The van der Waals surface area contributed by atoms with Gasteiger partial charge in [-0.05, 0) is 24.3 Å². The van der Waals surface area contributed by atoms with E-state index in [1.165, 1.54) is 29.2 Å². The molecule has 0 spiro atoms. The van der Waals surface area contributed by atoms with Crippen molar-refractivity contribution in [1.29, 1.82) is 0 Å². The van der Waals surface area contributed by atoms with Crippen LogP contribution < -0.4 is 5.32 Å². The number of piperazine rings is 1. The molecular formula is C19H30N4O5S2. The molecule has 0 aromatic carbocycles. The van der Waals surface area contributed by atoms with Crippen LogP contribution in [-0.2, 0) is 19.7 Å². The van der Waals surface area contributed by atoms with Crippen LogP contribution in [0.2, 0.25) is 0 Å². The standard InChI is InChI=1S/C19H30N4O5S2/c1-21(15-6-4-3-5-7-15)30(26,27)23-11-9-22(10-12-23)14-17(24)20-16-8-13-29-18(16)19(25)28-2/h8,13,15H,3-7,9-12,14H2,1-2H3,(H,20,24). The molecule has 11 heteroatoms. The van der Waals surface area contributed by atoms with Crippen molar-refractivity contribution in [1.82, 2.24) is 13.5 Å². The lowest BCUT2D eigenvalue weighted by Crippen LogP contribution is -2.55. The largest absolute Gasteiger partial charge is 0.465 e. The molecule has 2 aliphatic rings. The van der Waals surface area contributed by atoms with Crippen molar-refractivity contribution < 1.29 is 22.7 Å². The molecule has 30 heavy (non-hydrogen) atoms. The smallest absolute Gasteiger partial charge is 0.350 e. The number of rotatable bonds is 7. The highest BCUT2D eigenvalue weighted by molar-refractivity contribution is 7.86. The first kappa shape index (κ1) is 23.1. The van der Waals surface area contributed by atoms with Gasteiger partial charge >= 0.3 is 5.97 Å². The van der Waals surface area contributed by atoms with E-state index in [-0.39, 0.29) is 18.5 Å². The minimum absolute atomic E-state index is 0.0853. The van der Waals surface area contributed by atoms with Crippen LogP contribution in [0.5, 0.6) is 0 Å². The number of nitrogens with one attached hydrogen (secondary N) is 1. The third kappa shape index (κ3) is 5.38. The molecule has 9 nitrogen and oxygen atoms in total. The average molecular weight is 459 g/mol. The van der Waals surface area contributed by atoms with E-state index >= 15 is 0 Å². The molecule has 1 N–H and O–H groups in total. The number of hydrogen-bond acceptors (Lipinski definition) is 7. The number of nitrogens with zero attached hydrogens (tertiary/aromatic N) is 3. The highest BCUT2D eigenvalue weighted by atomic mass is 32.2. The van der Waals surface area contributed by atoms with Crippen molar-refractivity contribution in [2.75, 3.05) is 52.2 Å². The molecule has 2 heterocycles. The van der Waals surface area contributed by atoms with Crippen LogP contribution in [0.3, 0.4) is 0 Å². The van der Waals surface area contributed by atoms with Gasteiger partial charge in [0, 0.05) is 39.3 Å². The lowest BCUT2D eigenvalue weighted by molar-refractivity contribution is -0.117. The molecule has 1 aliphatic carbocycles. The first-order chi connectivity index (χ1) is 14.3. The highest BCUT2D eigenvalue weighted by Crippen LogP contribution is 2.25. The number of hydrogen-bond donors (Lipinski definition) is 1. The van der Waals surface area contributed by atoms with Crippen LogP contribution in [0, 0.1) is 0 Å². The summed E-state index contributed by atoms with van der Waals surface area (Å²) in [6.07, 6.45) is 5.18. The minimum Gasteiger partial charge on any atom is -0.465 e. The molecule has 168 valence electrons. The predicted molar refractivity (Wildman–Crippen MR) is 116 cm³/mol. The van der Waals surface area contributed by atoms with Gasteiger partial charge in [0.15, 0.2) is 0 Å². The Bertz CT molecular complexity index is 843. The van der Waals surface area contributed by atoms with E-state index in [2.05, 4.69) is 5.32 Å². The van der Waals surface area contributed by atoms with Gasteiger partial charge in [-0.1, -0.05) is 19.3 Å². The number of thiophene rings is 1. The fraction of sp³-hybridized carbons (Fsp3) is 0.684. The van der Waals surface area contributed by atoms with E-state index in [1.807, 2.05) is 4.90 Å². The Balaban J connectivity index is 1.50. The second-order valence-corrected chi connectivity index (χ2v) is 10.6. The Morgan fingerprint density at radius 3 is 2.50 bits per heavy atom. The Kier molecular flexibility index (Phi) is 7.86. The van der Waals surface area contributed by atoms with E-state index in [1.54, 1.807) is 22.8 Å². The Morgan fingerprint density at radius 2 is 1.87 bits per heavy atom. The van der Waals surface area contributed by atoms with Crippen molar-refractivity contribution in [3.8, 4) is 0 Å². The summed E-state index contributed by atoms with van der Waals surface area (Å²) in [4.78, 5) is 26.4. The van der Waals surface area contributed by atoms with Gasteiger partial charge in [-0.25, -0.2) is 4.79 Å². The van der Waals surface area contributed by atoms with Gasteiger partial charge in [-0.2, -0.15) is 17.0 Å². The molecule has 0 unspecified atom stereocenters. The number of anilines is 1. The molecule has 3 rings (SSSR count). The number of methoxy groups -OCH3 is 1.